The summed E-state index contributed by atoms with van der Waals surface area (Å²) < 4.78 is 49.9. The Morgan fingerprint density at radius 3 is 1.47 bits per heavy atom. The van der Waals surface area contributed by atoms with Gasteiger partial charge in [0.1, 0.15) is 89.6 Å². The summed E-state index contributed by atoms with van der Waals surface area (Å²) in [5.41, 5.74) is -4.60. The number of nitrogens with one attached hydrogen (secondary N) is 1. The number of ketones is 1. The Kier molecular flexibility index (Phi) is 32.6. The first kappa shape index (κ1) is 72.7. The zero-order chi connectivity index (χ0) is 58.7. The summed E-state index contributed by atoms with van der Waals surface area (Å²) in [6, 6.07) is 0. The molecule has 0 saturated carbocycles. The second-order valence-corrected chi connectivity index (χ2v) is 28.5. The molecule has 0 aliphatic heterocycles. The third-order valence-electron chi connectivity index (χ3n) is 11.8. The summed E-state index contributed by atoms with van der Waals surface area (Å²) in [6.45, 7) is 28.3. The van der Waals surface area contributed by atoms with Gasteiger partial charge >= 0.3 is 29.8 Å². The molecule has 76 heavy (non-hydrogen) atoms. The van der Waals surface area contributed by atoms with Gasteiger partial charge in [0.25, 0.3) is 0 Å². The highest BCUT2D eigenvalue weighted by Crippen LogP contribution is 2.32. The van der Waals surface area contributed by atoms with Crippen LogP contribution >= 0.6 is 31.9 Å². The maximum Gasteiger partial charge on any atom is 0.332 e. The average Bonchev–Trinajstić information content (AvgIpc) is 3.30. The number of ether oxygens (including phenoxy) is 9. The minimum atomic E-state index is -1.57. The number of allylic oxidation sites excluding steroid dienone is 2. The molecule has 0 rings (SSSR count). The van der Waals surface area contributed by atoms with E-state index in [0.29, 0.717) is 19.0 Å². The predicted molar refractivity (Wildman–Crippen MR) is 306 cm³/mol. The van der Waals surface area contributed by atoms with Crippen molar-refractivity contribution >= 4 is 89.1 Å². The Balaban J connectivity index is 6.20. The van der Waals surface area contributed by atoms with Crippen LogP contribution in [0.15, 0.2) is 25.0 Å². The van der Waals surface area contributed by atoms with Crippen molar-refractivity contribution in [1.82, 2.24) is 5.32 Å². The van der Waals surface area contributed by atoms with Gasteiger partial charge in [0.2, 0.25) is 5.91 Å². The molecule has 0 bridgehead atoms. The van der Waals surface area contributed by atoms with Gasteiger partial charge in [0, 0.05) is 42.3 Å². The third kappa shape index (κ3) is 32.0. The second-order valence-electron chi connectivity index (χ2n) is 24.6. The lowest BCUT2D eigenvalue weighted by Crippen LogP contribution is -2.57. The van der Waals surface area contributed by atoms with E-state index in [1.54, 1.807) is 84.9 Å². The number of unbranched alkanes of at least 4 members (excludes halogenated alkanes) is 7. The molecule has 436 valence electrons. The summed E-state index contributed by atoms with van der Waals surface area (Å²) in [4.78, 5) is 92.8. The van der Waals surface area contributed by atoms with Gasteiger partial charge in [0.15, 0.2) is 0 Å². The van der Waals surface area contributed by atoms with Crippen molar-refractivity contribution in [2.45, 2.75) is 185 Å². The van der Waals surface area contributed by atoms with Crippen molar-refractivity contribution in [3.8, 4) is 0 Å². The average molecular weight is 1210 g/mol. The van der Waals surface area contributed by atoms with Gasteiger partial charge in [-0.1, -0.05) is 119 Å². The number of esters is 5. The number of rotatable bonds is 42. The lowest BCUT2D eigenvalue weighted by molar-refractivity contribution is -0.173. The Hall–Kier alpha value is -3.26. The molecule has 0 aliphatic carbocycles. The first-order valence-corrected chi connectivity index (χ1v) is 28.1. The standard InChI is InChI=1S/C55H95B2Br2NO16/c1-16-17-18-19-20-21-23-28-68-29-24-22-25-30-69-33-53(14,35-73-47(67)54(15,36-71-40(2)48(3,4)5)37-74-46(66)52(12,13)59)34-72-43(63)32-70-31-42(62)60-55(27-26-41(61)51(10,11)58,38-75-44(64)49(6,7)56)39-76-45(65)50(8,9)57/h16H,1-2,17-39,56-57H2,3-15H3,(H,60,62). The smallest absolute Gasteiger partial charge is 0.332 e. The van der Waals surface area contributed by atoms with E-state index in [-0.39, 0.29) is 51.7 Å². The minimum Gasteiger partial charge on any atom is -0.497 e. The van der Waals surface area contributed by atoms with Crippen molar-refractivity contribution in [3.63, 3.8) is 0 Å². The van der Waals surface area contributed by atoms with Gasteiger partial charge in [-0.2, -0.15) is 0 Å². The summed E-state index contributed by atoms with van der Waals surface area (Å²) in [6.07, 6.45) is 11.0. The van der Waals surface area contributed by atoms with Crippen LogP contribution in [0, 0.1) is 16.2 Å². The first-order chi connectivity index (χ1) is 34.8. The van der Waals surface area contributed by atoms with E-state index < -0.39 is 103 Å². The molecule has 0 radical (unpaired) electrons. The fourth-order valence-electron chi connectivity index (χ4n) is 6.25. The molecule has 0 spiro atoms. The normalized spacial score (nSPS) is 14.0. The van der Waals surface area contributed by atoms with Gasteiger partial charge in [-0.05, 0) is 79.6 Å². The molecular formula is C55H95B2Br2NO16. The van der Waals surface area contributed by atoms with Crippen LogP contribution in [-0.4, -0.2) is 151 Å². The van der Waals surface area contributed by atoms with Crippen molar-refractivity contribution < 1.29 is 76.2 Å². The summed E-state index contributed by atoms with van der Waals surface area (Å²) in [7, 11) is 3.31. The summed E-state index contributed by atoms with van der Waals surface area (Å²) >= 11 is 6.67. The first-order valence-electron chi connectivity index (χ1n) is 26.6. The zero-order valence-corrected chi connectivity index (χ0v) is 52.2. The highest BCUT2D eigenvalue weighted by atomic mass is 79.9. The SMILES string of the molecule is BC(C)(C)C(=O)OCC(CCC(=O)C(C)(C)Br)(COC(=O)C(B)(C)C)NC(=O)COCC(=O)OCC(C)(COCCCCCOCCCCCCCC=C)COC(=O)C(C)(COC(=C)C(C)(C)C)COC(=O)C(C)(C)Br. The molecule has 0 saturated heterocycles. The quantitative estimate of drug-likeness (QED) is 0.0116. The number of carbonyl (C=O) groups excluding carboxylic acids is 7. The third-order valence-corrected chi connectivity index (χ3v) is 12.6. The zero-order valence-electron chi connectivity index (χ0n) is 49.0. The molecule has 0 aromatic rings. The van der Waals surface area contributed by atoms with Crippen LogP contribution in [0.4, 0.5) is 0 Å². The molecule has 1 N–H and O–H groups in total. The van der Waals surface area contributed by atoms with Crippen molar-refractivity contribution in [2.75, 3.05) is 79.3 Å². The maximum absolute atomic E-state index is 14.0. The van der Waals surface area contributed by atoms with Gasteiger partial charge in [-0.25, -0.2) is 4.79 Å². The number of hydrogen-bond donors (Lipinski definition) is 1. The lowest BCUT2D eigenvalue weighted by Gasteiger charge is -2.35. The fraction of sp³-hybridized carbons (Fsp3) is 0.800. The van der Waals surface area contributed by atoms with Gasteiger partial charge < -0.3 is 47.9 Å². The van der Waals surface area contributed by atoms with Crippen molar-refractivity contribution in [2.24, 2.45) is 16.2 Å². The number of hydrogen-bond acceptors (Lipinski definition) is 16. The van der Waals surface area contributed by atoms with E-state index >= 15 is 0 Å². The highest BCUT2D eigenvalue weighted by molar-refractivity contribution is 9.10. The monoisotopic (exact) mass is 1210 g/mol. The Morgan fingerprint density at radius 2 is 0.974 bits per heavy atom. The van der Waals surface area contributed by atoms with E-state index in [2.05, 4.69) is 50.3 Å². The van der Waals surface area contributed by atoms with Crippen molar-refractivity contribution in [3.05, 3.63) is 25.0 Å². The van der Waals surface area contributed by atoms with Crippen LogP contribution in [0.1, 0.15) is 161 Å². The molecule has 0 fully saturated rings. The Labute approximate surface area is 474 Å². The molecule has 21 heteroatoms. The van der Waals surface area contributed by atoms with Crippen LogP contribution < -0.4 is 5.32 Å². The number of amides is 1. The molecule has 2 atom stereocenters. The van der Waals surface area contributed by atoms with E-state index in [1.165, 1.54) is 19.3 Å². The Morgan fingerprint density at radius 1 is 0.513 bits per heavy atom. The second kappa shape index (κ2) is 34.0. The van der Waals surface area contributed by atoms with Crippen LogP contribution in [0.5, 0.6) is 0 Å². The van der Waals surface area contributed by atoms with Crippen LogP contribution in [0.25, 0.3) is 0 Å². The van der Waals surface area contributed by atoms with Crippen LogP contribution in [0.2, 0.25) is 10.6 Å². The topological polar surface area (TPSA) is 215 Å². The molecule has 0 aliphatic rings. The molecule has 17 nitrogen and oxygen atoms in total. The molecule has 2 unspecified atom stereocenters. The lowest BCUT2D eigenvalue weighted by atomic mass is 9.72. The number of alkyl halides is 2. The fourth-order valence-corrected chi connectivity index (χ4v) is 6.57. The van der Waals surface area contributed by atoms with Gasteiger partial charge in [-0.3, -0.25) is 28.8 Å². The molecular weight excluding hydrogens is 1110 g/mol. The largest absolute Gasteiger partial charge is 0.497 e. The molecule has 1 amide bonds. The van der Waals surface area contributed by atoms with E-state index in [0.717, 1.165) is 45.1 Å². The van der Waals surface area contributed by atoms with Gasteiger partial charge in [-0.15, -0.1) is 6.58 Å². The summed E-state index contributed by atoms with van der Waals surface area (Å²) in [5, 5.41) is 0.933. The molecule has 0 heterocycles. The minimum absolute atomic E-state index is 0.0113. The van der Waals surface area contributed by atoms with Crippen LogP contribution in [-0.2, 0) is 76.2 Å². The summed E-state index contributed by atoms with van der Waals surface area (Å²) in [5.74, 6) is -3.95. The maximum atomic E-state index is 14.0. The number of carbonyl (C=O) groups is 7. The van der Waals surface area contributed by atoms with Crippen molar-refractivity contribution in [1.29, 1.82) is 0 Å². The number of halogens is 2. The van der Waals surface area contributed by atoms with Crippen LogP contribution in [0.3, 0.4) is 0 Å². The molecule has 0 aromatic carbocycles. The predicted octanol–water partition coefficient (Wildman–Crippen LogP) is 8.25. The van der Waals surface area contributed by atoms with Gasteiger partial charge in [0.05, 0.1) is 22.1 Å². The van der Waals surface area contributed by atoms with E-state index in [9.17, 15) is 33.6 Å². The Bertz CT molecular complexity index is 1760. The number of Topliss-reactive ketones (excluding diaryl/α,β-unsaturated/α-hetero) is 1. The molecule has 0 aromatic heterocycles. The van der Waals surface area contributed by atoms with E-state index in [1.807, 2.05) is 26.8 Å². The highest BCUT2D eigenvalue weighted by Gasteiger charge is 2.43. The van der Waals surface area contributed by atoms with E-state index in [4.69, 9.17) is 42.6 Å².